The van der Waals surface area contributed by atoms with E-state index in [0.717, 1.165) is 12.8 Å². The smallest absolute Gasteiger partial charge is 0.410 e. The summed E-state index contributed by atoms with van der Waals surface area (Å²) in [6, 6.07) is -0.478. The first-order valence-electron chi connectivity index (χ1n) is 8.74. The molecule has 0 aromatic rings. The molecule has 0 aromatic carbocycles. The maximum Gasteiger partial charge on any atom is 0.410 e. The van der Waals surface area contributed by atoms with E-state index in [1.54, 1.807) is 11.9 Å². The molecule has 2 atom stereocenters. The summed E-state index contributed by atoms with van der Waals surface area (Å²) in [6.45, 7) is 12.9. The van der Waals surface area contributed by atoms with Crippen LogP contribution in [0.5, 0.6) is 0 Å². The number of carboxylic acid groups (broad SMARTS) is 1. The number of carbonyl (C=O) groups excluding carboxylic acids is 1. The summed E-state index contributed by atoms with van der Waals surface area (Å²) in [7, 11) is 3.58. The van der Waals surface area contributed by atoms with Crippen molar-refractivity contribution in [2.75, 3.05) is 27.2 Å². The summed E-state index contributed by atoms with van der Waals surface area (Å²) in [5.74, 6) is -0.381. The molecule has 0 bridgehead atoms. The van der Waals surface area contributed by atoms with E-state index in [1.807, 2.05) is 53.5 Å². The normalized spacial score (nSPS) is 14.6. The predicted octanol–water partition coefficient (Wildman–Crippen LogP) is 3.31. The summed E-state index contributed by atoms with van der Waals surface area (Å²) < 4.78 is 5.30. The van der Waals surface area contributed by atoms with Gasteiger partial charge < -0.3 is 14.7 Å². The van der Waals surface area contributed by atoms with Crippen molar-refractivity contribution in [3.8, 4) is 0 Å². The summed E-state index contributed by atoms with van der Waals surface area (Å²) in [6.07, 6.45) is 1.31. The molecule has 0 heterocycles. The van der Waals surface area contributed by atoms with Crippen LogP contribution in [0.3, 0.4) is 0 Å². The van der Waals surface area contributed by atoms with Gasteiger partial charge in [-0.25, -0.2) is 4.79 Å². The molecule has 0 aliphatic rings. The van der Waals surface area contributed by atoms with Crippen molar-refractivity contribution in [2.45, 2.75) is 66.0 Å². The second kappa shape index (κ2) is 9.87. The van der Waals surface area contributed by atoms with Gasteiger partial charge >= 0.3 is 12.1 Å². The van der Waals surface area contributed by atoms with Gasteiger partial charge in [0.15, 0.2) is 0 Å². The van der Waals surface area contributed by atoms with Gasteiger partial charge in [0.1, 0.15) is 11.6 Å². The molecule has 0 aromatic heterocycles. The number of hydrogen-bond donors (Lipinski definition) is 1. The largest absolute Gasteiger partial charge is 0.480 e. The highest BCUT2D eigenvalue weighted by atomic mass is 16.6. The zero-order valence-corrected chi connectivity index (χ0v) is 16.6. The lowest BCUT2D eigenvalue weighted by Gasteiger charge is -2.31. The highest BCUT2D eigenvalue weighted by Gasteiger charge is 2.30. The zero-order valence-electron chi connectivity index (χ0n) is 16.6. The lowest BCUT2D eigenvalue weighted by atomic mass is 9.89. The molecule has 1 N–H and O–H groups in total. The van der Waals surface area contributed by atoms with Crippen LogP contribution < -0.4 is 0 Å². The Morgan fingerprint density at radius 1 is 1.04 bits per heavy atom. The molecule has 0 aliphatic heterocycles. The van der Waals surface area contributed by atoms with Crippen LogP contribution in [0.2, 0.25) is 0 Å². The third-order valence-electron chi connectivity index (χ3n) is 4.24. The summed E-state index contributed by atoms with van der Waals surface area (Å²) in [5.41, 5.74) is -0.493. The molecule has 6 nitrogen and oxygen atoms in total. The number of nitrogens with zero attached hydrogens (tertiary/aromatic N) is 2. The fourth-order valence-corrected chi connectivity index (χ4v) is 2.46. The molecule has 6 heteroatoms. The van der Waals surface area contributed by atoms with Crippen molar-refractivity contribution in [2.24, 2.45) is 11.8 Å². The number of likely N-dealkylation sites (N-methyl/N-ethyl adjacent to an activating group) is 1. The first-order valence-corrected chi connectivity index (χ1v) is 8.74. The van der Waals surface area contributed by atoms with Crippen LogP contribution >= 0.6 is 0 Å². The van der Waals surface area contributed by atoms with Gasteiger partial charge in [-0.2, -0.15) is 0 Å². The molecule has 0 saturated heterocycles. The Bertz CT molecular complexity index is 404. The molecule has 0 radical (unpaired) electrons. The first kappa shape index (κ1) is 22.7. The Labute approximate surface area is 147 Å². The molecule has 0 aliphatic carbocycles. The maximum atomic E-state index is 11.9. The van der Waals surface area contributed by atoms with Crippen LogP contribution in [0.1, 0.15) is 54.4 Å². The van der Waals surface area contributed by atoms with Gasteiger partial charge in [0.25, 0.3) is 0 Å². The number of carboxylic acids is 1. The number of rotatable bonds is 9. The van der Waals surface area contributed by atoms with Gasteiger partial charge in [0, 0.05) is 13.6 Å². The van der Waals surface area contributed by atoms with E-state index < -0.39 is 17.6 Å². The van der Waals surface area contributed by atoms with E-state index >= 15 is 0 Å². The molecular formula is C18H36N2O4. The summed E-state index contributed by atoms with van der Waals surface area (Å²) in [5, 5.41) is 9.48. The standard InChI is InChI=1S/C18H36N2O4/c1-13(2)14(3)15(16(21)22)19(7)11-9-10-12-20(8)17(23)24-18(4,5)6/h13-15H,9-12H2,1-8H3,(H,21,22)/t14-,15-/m0/s1. The number of unbranched alkanes of at least 4 members (excludes halogenated alkanes) is 1. The SMILES string of the molecule is CC(C)[C@H](C)[C@@H](C(=O)O)N(C)CCCCN(C)C(=O)OC(C)(C)C. The molecular weight excluding hydrogens is 308 g/mol. The highest BCUT2D eigenvalue weighted by Crippen LogP contribution is 2.19. The van der Waals surface area contributed by atoms with Gasteiger partial charge in [-0.1, -0.05) is 20.8 Å². The monoisotopic (exact) mass is 344 g/mol. The lowest BCUT2D eigenvalue weighted by molar-refractivity contribution is -0.145. The van der Waals surface area contributed by atoms with Crippen LogP contribution in [-0.4, -0.2) is 65.8 Å². The Hall–Kier alpha value is -1.30. The molecule has 0 unspecified atom stereocenters. The van der Waals surface area contributed by atoms with Crippen LogP contribution in [0.4, 0.5) is 4.79 Å². The maximum absolute atomic E-state index is 11.9. The van der Waals surface area contributed by atoms with Gasteiger partial charge in [-0.15, -0.1) is 0 Å². The number of amides is 1. The molecule has 0 saturated carbocycles. The molecule has 24 heavy (non-hydrogen) atoms. The molecule has 0 fully saturated rings. The minimum absolute atomic E-state index is 0.0805. The Morgan fingerprint density at radius 2 is 1.54 bits per heavy atom. The minimum atomic E-state index is -0.774. The molecule has 1 amide bonds. The second-order valence-electron chi connectivity index (χ2n) is 7.98. The van der Waals surface area contributed by atoms with Crippen LogP contribution in [0, 0.1) is 11.8 Å². The Kier molecular flexibility index (Phi) is 9.33. The van der Waals surface area contributed by atoms with Crippen molar-refractivity contribution < 1.29 is 19.4 Å². The van der Waals surface area contributed by atoms with Gasteiger partial charge in [0.2, 0.25) is 0 Å². The molecule has 142 valence electrons. The van der Waals surface area contributed by atoms with E-state index in [4.69, 9.17) is 4.74 Å². The topological polar surface area (TPSA) is 70.1 Å². The van der Waals surface area contributed by atoms with E-state index in [-0.39, 0.29) is 12.0 Å². The van der Waals surface area contributed by atoms with E-state index in [2.05, 4.69) is 0 Å². The Morgan fingerprint density at radius 3 is 1.96 bits per heavy atom. The lowest BCUT2D eigenvalue weighted by Crippen LogP contribution is -2.45. The zero-order chi connectivity index (χ0) is 19.1. The van der Waals surface area contributed by atoms with Crippen molar-refractivity contribution >= 4 is 12.1 Å². The fourth-order valence-electron chi connectivity index (χ4n) is 2.46. The van der Waals surface area contributed by atoms with Gasteiger partial charge in [-0.3, -0.25) is 9.69 Å². The van der Waals surface area contributed by atoms with Crippen LogP contribution in [0.25, 0.3) is 0 Å². The third-order valence-corrected chi connectivity index (χ3v) is 4.24. The fraction of sp³-hybridized carbons (Fsp3) is 0.889. The van der Waals surface area contributed by atoms with Crippen molar-refractivity contribution in [3.63, 3.8) is 0 Å². The number of aliphatic carboxylic acids is 1. The average molecular weight is 344 g/mol. The minimum Gasteiger partial charge on any atom is -0.480 e. The quantitative estimate of drug-likeness (QED) is 0.650. The summed E-state index contributed by atoms with van der Waals surface area (Å²) >= 11 is 0. The van der Waals surface area contributed by atoms with E-state index in [0.29, 0.717) is 19.0 Å². The number of hydrogen-bond acceptors (Lipinski definition) is 4. The highest BCUT2D eigenvalue weighted by molar-refractivity contribution is 5.73. The Balaban J connectivity index is 4.30. The first-order chi connectivity index (χ1) is 10.9. The molecule has 0 rings (SSSR count). The third kappa shape index (κ3) is 8.52. The van der Waals surface area contributed by atoms with E-state index in [1.165, 1.54) is 0 Å². The van der Waals surface area contributed by atoms with E-state index in [9.17, 15) is 14.7 Å². The van der Waals surface area contributed by atoms with Crippen LogP contribution in [-0.2, 0) is 9.53 Å². The van der Waals surface area contributed by atoms with Gasteiger partial charge in [-0.05, 0) is 59.0 Å². The number of carbonyl (C=O) groups is 2. The van der Waals surface area contributed by atoms with Crippen molar-refractivity contribution in [1.29, 1.82) is 0 Å². The predicted molar refractivity (Wildman–Crippen MR) is 96.2 cm³/mol. The summed E-state index contributed by atoms with van der Waals surface area (Å²) in [4.78, 5) is 26.9. The molecule has 0 spiro atoms. The average Bonchev–Trinajstić information content (AvgIpc) is 2.40. The number of ether oxygens (including phenoxy) is 1. The van der Waals surface area contributed by atoms with Crippen molar-refractivity contribution in [3.05, 3.63) is 0 Å². The second-order valence-corrected chi connectivity index (χ2v) is 7.98. The van der Waals surface area contributed by atoms with Crippen LogP contribution in [0.15, 0.2) is 0 Å². The van der Waals surface area contributed by atoms with Gasteiger partial charge in [0.05, 0.1) is 0 Å². The van der Waals surface area contributed by atoms with Crippen molar-refractivity contribution in [1.82, 2.24) is 9.80 Å².